The molecule has 0 atom stereocenters. The average Bonchev–Trinajstić information content (AvgIpc) is 3.59. The van der Waals surface area contributed by atoms with Crippen LogP contribution < -0.4 is 15.4 Å². The first-order chi connectivity index (χ1) is 14.9. The number of carbonyl (C=O) groups is 2. The summed E-state index contributed by atoms with van der Waals surface area (Å²) in [6, 6.07) is 12.2. The normalized spacial score (nSPS) is 15.7. The zero-order valence-corrected chi connectivity index (χ0v) is 18.1. The Morgan fingerprint density at radius 2 is 1.61 bits per heavy atom. The number of sulfonamides is 1. The summed E-state index contributed by atoms with van der Waals surface area (Å²) < 4.78 is 27.7. The van der Waals surface area contributed by atoms with Crippen LogP contribution in [-0.4, -0.2) is 26.8 Å². The molecule has 0 unspecified atom stereocenters. The van der Waals surface area contributed by atoms with Crippen molar-refractivity contribution in [2.24, 2.45) is 5.92 Å². The van der Waals surface area contributed by atoms with E-state index in [2.05, 4.69) is 15.4 Å². The lowest BCUT2D eigenvalue weighted by Gasteiger charge is -2.16. The number of nitrogens with one attached hydrogen (secondary N) is 3. The Hall–Kier alpha value is -2.71. The number of hydrogen-bond donors (Lipinski definition) is 3. The van der Waals surface area contributed by atoms with Crippen LogP contribution in [0.5, 0.6) is 0 Å². The SMILES string of the molecule is O=C(CCNS(=O)(=O)c1ccc2c(c1)CCCC2)Nc1cccc(NC(=O)C2CC2)c1. The number of rotatable bonds is 8. The second kappa shape index (κ2) is 9.20. The van der Waals surface area contributed by atoms with Crippen LogP contribution in [0, 0.1) is 5.92 Å². The van der Waals surface area contributed by atoms with Crippen LogP contribution in [0.4, 0.5) is 11.4 Å². The summed E-state index contributed by atoms with van der Waals surface area (Å²) in [6.07, 6.45) is 5.96. The maximum absolute atomic E-state index is 12.6. The fourth-order valence-corrected chi connectivity index (χ4v) is 4.83. The molecule has 0 saturated heterocycles. The predicted molar refractivity (Wildman–Crippen MR) is 119 cm³/mol. The minimum Gasteiger partial charge on any atom is -0.326 e. The molecule has 164 valence electrons. The molecule has 1 fully saturated rings. The molecule has 0 aliphatic heterocycles. The van der Waals surface area contributed by atoms with Gasteiger partial charge in [-0.05, 0) is 80.0 Å². The van der Waals surface area contributed by atoms with E-state index in [9.17, 15) is 18.0 Å². The van der Waals surface area contributed by atoms with Crippen molar-refractivity contribution in [3.05, 3.63) is 53.6 Å². The van der Waals surface area contributed by atoms with Crippen molar-refractivity contribution in [3.63, 3.8) is 0 Å². The zero-order valence-electron chi connectivity index (χ0n) is 17.3. The van der Waals surface area contributed by atoms with Crippen LogP contribution in [0.15, 0.2) is 47.4 Å². The van der Waals surface area contributed by atoms with Gasteiger partial charge in [0.15, 0.2) is 0 Å². The first-order valence-corrected chi connectivity index (χ1v) is 12.2. The zero-order chi connectivity index (χ0) is 21.8. The van der Waals surface area contributed by atoms with Gasteiger partial charge in [0.2, 0.25) is 21.8 Å². The monoisotopic (exact) mass is 441 g/mol. The van der Waals surface area contributed by atoms with Gasteiger partial charge in [-0.25, -0.2) is 13.1 Å². The summed E-state index contributed by atoms with van der Waals surface area (Å²) in [6.45, 7) is 0.00333. The van der Waals surface area contributed by atoms with Gasteiger partial charge in [0, 0.05) is 30.3 Å². The lowest BCUT2D eigenvalue weighted by Crippen LogP contribution is -2.28. The average molecular weight is 442 g/mol. The van der Waals surface area contributed by atoms with Crippen molar-refractivity contribution in [1.82, 2.24) is 4.72 Å². The Balaban J connectivity index is 1.28. The maximum atomic E-state index is 12.6. The van der Waals surface area contributed by atoms with E-state index in [-0.39, 0.29) is 35.6 Å². The Morgan fingerprint density at radius 3 is 2.35 bits per heavy atom. The largest absolute Gasteiger partial charge is 0.326 e. The van der Waals surface area contributed by atoms with Crippen molar-refractivity contribution in [2.75, 3.05) is 17.2 Å². The highest BCUT2D eigenvalue weighted by atomic mass is 32.2. The van der Waals surface area contributed by atoms with Gasteiger partial charge in [-0.15, -0.1) is 0 Å². The molecule has 4 rings (SSSR count). The van der Waals surface area contributed by atoms with Gasteiger partial charge in [0.05, 0.1) is 4.90 Å². The van der Waals surface area contributed by atoms with Crippen LogP contribution in [-0.2, 0) is 32.5 Å². The van der Waals surface area contributed by atoms with Gasteiger partial charge in [-0.1, -0.05) is 12.1 Å². The number of anilines is 2. The van der Waals surface area contributed by atoms with Crippen LogP contribution in [0.2, 0.25) is 0 Å². The van der Waals surface area contributed by atoms with Gasteiger partial charge in [0.1, 0.15) is 0 Å². The number of carbonyl (C=O) groups excluding carboxylic acids is 2. The standard InChI is InChI=1S/C23H27N3O4S/c27-22(25-19-6-3-7-20(15-19)26-23(28)17-8-9-17)12-13-24-31(29,30)21-11-10-16-4-1-2-5-18(16)14-21/h3,6-7,10-11,14-15,17,24H,1-2,4-5,8-9,12-13H2,(H,25,27)(H,26,28). The van der Waals surface area contributed by atoms with E-state index >= 15 is 0 Å². The van der Waals surface area contributed by atoms with Crippen molar-refractivity contribution in [1.29, 1.82) is 0 Å². The molecule has 2 aliphatic carbocycles. The molecule has 0 heterocycles. The number of hydrogen-bond acceptors (Lipinski definition) is 4. The summed E-state index contributed by atoms with van der Waals surface area (Å²) in [4.78, 5) is 24.4. The molecule has 31 heavy (non-hydrogen) atoms. The summed E-state index contributed by atoms with van der Waals surface area (Å²) >= 11 is 0. The van der Waals surface area contributed by atoms with Gasteiger partial charge in [-0.3, -0.25) is 9.59 Å². The Kier molecular flexibility index (Phi) is 6.38. The molecule has 2 aromatic carbocycles. The van der Waals surface area contributed by atoms with E-state index in [0.717, 1.165) is 44.1 Å². The highest BCUT2D eigenvalue weighted by Gasteiger charge is 2.29. The van der Waals surface area contributed by atoms with Crippen LogP contribution in [0.3, 0.4) is 0 Å². The van der Waals surface area contributed by atoms with E-state index in [1.54, 1.807) is 36.4 Å². The van der Waals surface area contributed by atoms with Gasteiger partial charge >= 0.3 is 0 Å². The van der Waals surface area contributed by atoms with E-state index in [0.29, 0.717) is 11.4 Å². The molecule has 0 bridgehead atoms. The van der Waals surface area contributed by atoms with Crippen molar-refractivity contribution < 1.29 is 18.0 Å². The lowest BCUT2D eigenvalue weighted by atomic mass is 9.92. The van der Waals surface area contributed by atoms with Crippen molar-refractivity contribution in [2.45, 2.75) is 49.8 Å². The van der Waals surface area contributed by atoms with Crippen molar-refractivity contribution >= 4 is 33.2 Å². The number of amides is 2. The van der Waals surface area contributed by atoms with E-state index < -0.39 is 10.0 Å². The molecular weight excluding hydrogens is 414 g/mol. The Labute approximate surface area is 182 Å². The third-order valence-electron chi connectivity index (χ3n) is 5.64. The number of benzene rings is 2. The van der Waals surface area contributed by atoms with E-state index in [4.69, 9.17) is 0 Å². The quantitative estimate of drug-likeness (QED) is 0.585. The fraction of sp³-hybridized carbons (Fsp3) is 0.391. The number of aryl methyl sites for hydroxylation is 2. The molecular formula is C23H27N3O4S. The molecule has 2 aliphatic rings. The molecule has 2 amide bonds. The second-order valence-corrected chi connectivity index (χ2v) is 9.94. The smallest absolute Gasteiger partial charge is 0.240 e. The maximum Gasteiger partial charge on any atom is 0.240 e. The highest BCUT2D eigenvalue weighted by Crippen LogP contribution is 2.30. The van der Waals surface area contributed by atoms with Gasteiger partial charge < -0.3 is 10.6 Å². The Bertz CT molecular complexity index is 1090. The second-order valence-electron chi connectivity index (χ2n) is 8.18. The van der Waals surface area contributed by atoms with Crippen LogP contribution in [0.1, 0.15) is 43.2 Å². The van der Waals surface area contributed by atoms with Gasteiger partial charge in [0.25, 0.3) is 0 Å². The minimum absolute atomic E-state index is 0.0000564. The Morgan fingerprint density at radius 1 is 0.903 bits per heavy atom. The molecule has 0 radical (unpaired) electrons. The molecule has 7 nitrogen and oxygen atoms in total. The van der Waals surface area contributed by atoms with Gasteiger partial charge in [-0.2, -0.15) is 0 Å². The fourth-order valence-electron chi connectivity index (χ4n) is 3.75. The summed E-state index contributed by atoms with van der Waals surface area (Å²) in [5, 5.41) is 5.58. The summed E-state index contributed by atoms with van der Waals surface area (Å²) in [7, 11) is -3.66. The van der Waals surface area contributed by atoms with Crippen LogP contribution in [0.25, 0.3) is 0 Å². The van der Waals surface area contributed by atoms with E-state index in [1.165, 1.54) is 5.56 Å². The highest BCUT2D eigenvalue weighted by molar-refractivity contribution is 7.89. The molecule has 0 aromatic heterocycles. The molecule has 8 heteroatoms. The molecule has 2 aromatic rings. The number of fused-ring (bicyclic) bond motifs is 1. The third kappa shape index (κ3) is 5.71. The molecule has 1 saturated carbocycles. The summed E-state index contributed by atoms with van der Waals surface area (Å²) in [5.74, 6) is -0.208. The molecule has 3 N–H and O–H groups in total. The molecule has 0 spiro atoms. The lowest BCUT2D eigenvalue weighted by molar-refractivity contribution is -0.117. The van der Waals surface area contributed by atoms with E-state index in [1.807, 2.05) is 6.07 Å². The van der Waals surface area contributed by atoms with Crippen LogP contribution >= 0.6 is 0 Å². The third-order valence-corrected chi connectivity index (χ3v) is 7.10. The van der Waals surface area contributed by atoms with Crippen molar-refractivity contribution in [3.8, 4) is 0 Å². The first kappa shape index (κ1) is 21.5. The minimum atomic E-state index is -3.66. The first-order valence-electron chi connectivity index (χ1n) is 10.7. The topological polar surface area (TPSA) is 104 Å². The predicted octanol–water partition coefficient (Wildman–Crippen LogP) is 3.22. The summed E-state index contributed by atoms with van der Waals surface area (Å²) in [5.41, 5.74) is 3.50.